The van der Waals surface area contributed by atoms with Gasteiger partial charge in [0, 0.05) is 25.5 Å². The summed E-state index contributed by atoms with van der Waals surface area (Å²) in [5, 5.41) is 11.0. The number of β-amino-alcohol motifs (C(OH)–C–C–N with tert-alkyl or cyclic N) is 1. The van der Waals surface area contributed by atoms with Crippen molar-refractivity contribution < 1.29 is 9.90 Å². The molecular formula is C15H22N4O2S. The molecule has 2 saturated heterocycles. The molecule has 2 aliphatic rings. The molecule has 0 bridgehead atoms. The van der Waals surface area contributed by atoms with Gasteiger partial charge in [-0.05, 0) is 32.2 Å². The molecular weight excluding hydrogens is 300 g/mol. The fourth-order valence-corrected chi connectivity index (χ4v) is 3.57. The molecule has 2 fully saturated rings. The first-order chi connectivity index (χ1) is 10.7. The van der Waals surface area contributed by atoms with Gasteiger partial charge in [-0.3, -0.25) is 9.69 Å². The standard InChI is InChI=1S/C15H22N4O2S/c1-22-15-16-7-11(8-17-15)14(21)19-9-12(13(20)10-19)18-5-3-2-4-6-18/h7-8,12-13,20H,2-6,9-10H2,1H3/t12-,13-/m0/s1. The fraction of sp³-hybridized carbons (Fsp3) is 0.667. The molecule has 0 radical (unpaired) electrons. The largest absolute Gasteiger partial charge is 0.390 e. The zero-order valence-corrected chi connectivity index (χ0v) is 13.6. The van der Waals surface area contributed by atoms with Crippen molar-refractivity contribution in [3.8, 4) is 0 Å². The van der Waals surface area contributed by atoms with Gasteiger partial charge in [0.2, 0.25) is 0 Å². The highest BCUT2D eigenvalue weighted by Gasteiger charge is 2.38. The van der Waals surface area contributed by atoms with Crippen LogP contribution in [-0.4, -0.2) is 75.4 Å². The summed E-state index contributed by atoms with van der Waals surface area (Å²) in [5.41, 5.74) is 0.490. The van der Waals surface area contributed by atoms with Crippen LogP contribution in [0.2, 0.25) is 0 Å². The highest BCUT2D eigenvalue weighted by Crippen LogP contribution is 2.22. The van der Waals surface area contributed by atoms with E-state index in [0.29, 0.717) is 23.8 Å². The van der Waals surface area contributed by atoms with Crippen LogP contribution in [0.15, 0.2) is 17.6 Å². The Bertz CT molecular complexity index is 519. The summed E-state index contributed by atoms with van der Waals surface area (Å²) in [7, 11) is 0. The Morgan fingerprint density at radius 3 is 2.55 bits per heavy atom. The zero-order valence-electron chi connectivity index (χ0n) is 12.8. The minimum absolute atomic E-state index is 0.0654. The Labute approximate surface area is 134 Å². The van der Waals surface area contributed by atoms with Gasteiger partial charge >= 0.3 is 0 Å². The molecule has 3 heterocycles. The number of carbonyl (C=O) groups excluding carboxylic acids is 1. The van der Waals surface area contributed by atoms with Crippen molar-refractivity contribution in [2.75, 3.05) is 32.4 Å². The lowest BCUT2D eigenvalue weighted by Crippen LogP contribution is -2.46. The minimum Gasteiger partial charge on any atom is -0.390 e. The van der Waals surface area contributed by atoms with Gasteiger partial charge in [-0.1, -0.05) is 18.2 Å². The molecule has 6 nitrogen and oxygen atoms in total. The van der Waals surface area contributed by atoms with Crippen molar-refractivity contribution in [3.63, 3.8) is 0 Å². The van der Waals surface area contributed by atoms with Gasteiger partial charge in [0.1, 0.15) is 0 Å². The maximum atomic E-state index is 12.5. The average Bonchev–Trinajstić information content (AvgIpc) is 2.97. The number of thioether (sulfide) groups is 1. The summed E-state index contributed by atoms with van der Waals surface area (Å²) in [6, 6.07) is 0.0654. The van der Waals surface area contributed by atoms with E-state index in [1.165, 1.54) is 31.0 Å². The first kappa shape index (κ1) is 15.7. The van der Waals surface area contributed by atoms with Crippen molar-refractivity contribution in [1.82, 2.24) is 19.8 Å². The number of aliphatic hydroxyl groups is 1. The van der Waals surface area contributed by atoms with Crippen LogP contribution in [0.5, 0.6) is 0 Å². The van der Waals surface area contributed by atoms with Crippen molar-refractivity contribution in [1.29, 1.82) is 0 Å². The third-order valence-corrected chi connectivity index (χ3v) is 5.04. The summed E-state index contributed by atoms with van der Waals surface area (Å²) in [5.74, 6) is -0.0915. The second kappa shape index (κ2) is 6.93. The second-order valence-electron chi connectivity index (χ2n) is 5.90. The van der Waals surface area contributed by atoms with Gasteiger partial charge in [-0.2, -0.15) is 0 Å². The van der Waals surface area contributed by atoms with Crippen molar-refractivity contribution in [2.24, 2.45) is 0 Å². The summed E-state index contributed by atoms with van der Waals surface area (Å²) in [6.45, 7) is 3.03. The van der Waals surface area contributed by atoms with Crippen LogP contribution in [0.4, 0.5) is 0 Å². The number of aromatic nitrogens is 2. The molecule has 0 aromatic carbocycles. The lowest BCUT2D eigenvalue weighted by molar-refractivity contribution is 0.0702. The normalized spacial score (nSPS) is 26.4. The maximum Gasteiger partial charge on any atom is 0.257 e. The van der Waals surface area contributed by atoms with E-state index in [-0.39, 0.29) is 11.9 Å². The number of nitrogens with zero attached hydrogens (tertiary/aromatic N) is 4. The Morgan fingerprint density at radius 1 is 1.23 bits per heavy atom. The van der Waals surface area contributed by atoms with Crippen LogP contribution < -0.4 is 0 Å². The summed E-state index contributed by atoms with van der Waals surface area (Å²) >= 11 is 1.45. The van der Waals surface area contributed by atoms with Gasteiger partial charge in [0.05, 0.1) is 17.7 Å². The number of amides is 1. The molecule has 0 unspecified atom stereocenters. The molecule has 1 N–H and O–H groups in total. The van der Waals surface area contributed by atoms with Gasteiger partial charge < -0.3 is 10.0 Å². The Kier molecular flexibility index (Phi) is 4.95. The summed E-state index contributed by atoms with van der Waals surface area (Å²) < 4.78 is 0. The molecule has 2 atom stereocenters. The van der Waals surface area contributed by atoms with Gasteiger partial charge in [-0.25, -0.2) is 9.97 Å². The topological polar surface area (TPSA) is 69.6 Å². The first-order valence-corrected chi connectivity index (χ1v) is 8.99. The summed E-state index contributed by atoms with van der Waals surface area (Å²) in [6.07, 6.45) is 8.21. The molecule has 0 aliphatic carbocycles. The van der Waals surface area contributed by atoms with E-state index in [4.69, 9.17) is 0 Å². The van der Waals surface area contributed by atoms with Crippen LogP contribution in [0, 0.1) is 0 Å². The van der Waals surface area contributed by atoms with Crippen LogP contribution in [0.1, 0.15) is 29.6 Å². The third kappa shape index (κ3) is 3.26. The van der Waals surface area contributed by atoms with Crippen molar-refractivity contribution in [2.45, 2.75) is 36.6 Å². The molecule has 1 aromatic heterocycles. The number of hydrogen-bond donors (Lipinski definition) is 1. The number of carbonyl (C=O) groups is 1. The molecule has 2 aliphatic heterocycles. The zero-order chi connectivity index (χ0) is 15.5. The smallest absolute Gasteiger partial charge is 0.257 e. The van der Waals surface area contributed by atoms with Crippen LogP contribution in [-0.2, 0) is 0 Å². The highest BCUT2D eigenvalue weighted by molar-refractivity contribution is 7.98. The van der Waals surface area contributed by atoms with Crippen LogP contribution >= 0.6 is 11.8 Å². The fourth-order valence-electron chi connectivity index (χ4n) is 3.26. The maximum absolute atomic E-state index is 12.5. The van der Waals surface area contributed by atoms with E-state index in [9.17, 15) is 9.90 Å². The quantitative estimate of drug-likeness (QED) is 0.658. The Morgan fingerprint density at radius 2 is 1.91 bits per heavy atom. The monoisotopic (exact) mass is 322 g/mol. The van der Waals surface area contributed by atoms with E-state index in [1.54, 1.807) is 17.3 Å². The number of piperidine rings is 1. The van der Waals surface area contributed by atoms with Crippen molar-refractivity contribution >= 4 is 17.7 Å². The molecule has 120 valence electrons. The Balaban J connectivity index is 1.66. The SMILES string of the molecule is CSc1ncc(C(=O)N2C[C@H](O)[C@@H](N3CCCCC3)C2)cn1. The Hall–Kier alpha value is -1.18. The molecule has 1 aromatic rings. The molecule has 3 rings (SSSR count). The van der Waals surface area contributed by atoms with Crippen molar-refractivity contribution in [3.05, 3.63) is 18.0 Å². The number of hydrogen-bond acceptors (Lipinski definition) is 6. The predicted molar refractivity (Wildman–Crippen MR) is 84.9 cm³/mol. The van der Waals surface area contributed by atoms with E-state index in [1.807, 2.05) is 6.26 Å². The van der Waals surface area contributed by atoms with E-state index in [2.05, 4.69) is 14.9 Å². The number of likely N-dealkylation sites (tertiary alicyclic amines) is 2. The van der Waals surface area contributed by atoms with Gasteiger partial charge in [0.25, 0.3) is 5.91 Å². The minimum atomic E-state index is -0.464. The van der Waals surface area contributed by atoms with Crippen LogP contribution in [0.25, 0.3) is 0 Å². The lowest BCUT2D eigenvalue weighted by atomic mass is 10.1. The number of aliphatic hydroxyl groups excluding tert-OH is 1. The van der Waals surface area contributed by atoms with E-state index in [0.717, 1.165) is 13.1 Å². The van der Waals surface area contributed by atoms with Crippen LogP contribution in [0.3, 0.4) is 0 Å². The second-order valence-corrected chi connectivity index (χ2v) is 6.67. The summed E-state index contributed by atoms with van der Waals surface area (Å²) in [4.78, 5) is 24.9. The average molecular weight is 322 g/mol. The van der Waals surface area contributed by atoms with Gasteiger partial charge in [0.15, 0.2) is 5.16 Å². The highest BCUT2D eigenvalue weighted by atomic mass is 32.2. The van der Waals surface area contributed by atoms with E-state index < -0.39 is 6.10 Å². The third-order valence-electron chi connectivity index (χ3n) is 4.46. The van der Waals surface area contributed by atoms with Gasteiger partial charge in [-0.15, -0.1) is 0 Å². The molecule has 0 spiro atoms. The molecule has 1 amide bonds. The molecule has 22 heavy (non-hydrogen) atoms. The number of rotatable bonds is 3. The molecule has 0 saturated carbocycles. The predicted octanol–water partition coefficient (Wildman–Crippen LogP) is 0.870. The lowest BCUT2D eigenvalue weighted by Gasteiger charge is -2.33. The van der Waals surface area contributed by atoms with E-state index >= 15 is 0 Å². The first-order valence-electron chi connectivity index (χ1n) is 7.76. The molecule has 7 heteroatoms.